The predicted octanol–water partition coefficient (Wildman–Crippen LogP) is 5.04. The number of esters is 1. The summed E-state index contributed by atoms with van der Waals surface area (Å²) >= 11 is 0. The van der Waals surface area contributed by atoms with Crippen molar-refractivity contribution in [2.24, 2.45) is 0 Å². The highest BCUT2D eigenvalue weighted by Crippen LogP contribution is 2.09. The first-order chi connectivity index (χ1) is 10.9. The molecule has 2 aromatic rings. The summed E-state index contributed by atoms with van der Waals surface area (Å²) in [6.45, 7) is 0.520. The fourth-order valence-corrected chi connectivity index (χ4v) is 2.43. The lowest BCUT2D eigenvalue weighted by Crippen LogP contribution is -2.06. The predicted molar refractivity (Wildman–Crippen MR) is 90.0 cm³/mol. The lowest BCUT2D eigenvalue weighted by Gasteiger charge is -2.05. The van der Waals surface area contributed by atoms with E-state index in [2.05, 4.69) is 30.3 Å². The van der Waals surface area contributed by atoms with Crippen molar-refractivity contribution in [3.8, 4) is 0 Å². The Morgan fingerprint density at radius 2 is 1.32 bits per heavy atom. The molecule has 0 atom stereocenters. The lowest BCUT2D eigenvalue weighted by molar-refractivity contribution is 0.0497. The number of hydrogen-bond donors (Lipinski definition) is 0. The number of benzene rings is 2. The second kappa shape index (κ2) is 9.78. The van der Waals surface area contributed by atoms with E-state index in [0.29, 0.717) is 12.2 Å². The van der Waals surface area contributed by atoms with E-state index in [9.17, 15) is 4.79 Å². The van der Waals surface area contributed by atoms with Crippen molar-refractivity contribution in [2.45, 2.75) is 38.5 Å². The quantitative estimate of drug-likeness (QED) is 0.479. The summed E-state index contributed by atoms with van der Waals surface area (Å²) in [5, 5.41) is 0. The van der Waals surface area contributed by atoms with Crippen molar-refractivity contribution in [1.29, 1.82) is 0 Å². The zero-order valence-electron chi connectivity index (χ0n) is 13.0. The van der Waals surface area contributed by atoms with Gasteiger partial charge in [0.15, 0.2) is 0 Å². The highest BCUT2D eigenvalue weighted by Gasteiger charge is 2.04. The van der Waals surface area contributed by atoms with Gasteiger partial charge < -0.3 is 4.74 Å². The van der Waals surface area contributed by atoms with Crippen LogP contribution in [0.1, 0.15) is 48.0 Å². The fourth-order valence-electron chi connectivity index (χ4n) is 2.43. The smallest absolute Gasteiger partial charge is 0.338 e. The number of aryl methyl sites for hydroxylation is 1. The van der Waals surface area contributed by atoms with Crippen LogP contribution < -0.4 is 0 Å². The lowest BCUT2D eigenvalue weighted by atomic mass is 10.1. The molecule has 0 bridgehead atoms. The van der Waals surface area contributed by atoms with Crippen LogP contribution >= 0.6 is 0 Å². The average molecular weight is 296 g/mol. The molecule has 0 aliphatic carbocycles. The number of unbranched alkanes of at least 4 members (excludes halogenated alkanes) is 4. The van der Waals surface area contributed by atoms with Gasteiger partial charge in [-0.3, -0.25) is 0 Å². The number of carbonyl (C=O) groups excluding carboxylic acids is 1. The molecule has 0 saturated carbocycles. The van der Waals surface area contributed by atoms with Gasteiger partial charge in [0.2, 0.25) is 0 Å². The minimum atomic E-state index is -0.218. The van der Waals surface area contributed by atoms with Gasteiger partial charge in [-0.25, -0.2) is 4.79 Å². The van der Waals surface area contributed by atoms with E-state index >= 15 is 0 Å². The van der Waals surface area contributed by atoms with E-state index in [4.69, 9.17) is 4.74 Å². The van der Waals surface area contributed by atoms with Gasteiger partial charge in [0.05, 0.1) is 12.2 Å². The van der Waals surface area contributed by atoms with Gasteiger partial charge in [0.1, 0.15) is 0 Å². The zero-order chi connectivity index (χ0) is 15.5. The standard InChI is InChI=1S/C20H24O2/c21-20(19-15-9-5-10-16-19)22-17-11-3-1-2-6-12-18-13-7-4-8-14-18/h4-5,7-10,13-16H,1-3,6,11-12,17H2. The Kier molecular flexibility index (Phi) is 7.24. The summed E-state index contributed by atoms with van der Waals surface area (Å²) in [6.07, 6.45) is 6.90. The van der Waals surface area contributed by atoms with Crippen LogP contribution in [0.25, 0.3) is 0 Å². The van der Waals surface area contributed by atoms with E-state index in [1.165, 1.54) is 24.8 Å². The minimum absolute atomic E-state index is 0.218. The van der Waals surface area contributed by atoms with E-state index in [0.717, 1.165) is 19.3 Å². The summed E-state index contributed by atoms with van der Waals surface area (Å²) in [7, 11) is 0. The van der Waals surface area contributed by atoms with Crippen molar-refractivity contribution in [1.82, 2.24) is 0 Å². The van der Waals surface area contributed by atoms with Crippen LogP contribution in [0.3, 0.4) is 0 Å². The molecule has 116 valence electrons. The third kappa shape index (κ3) is 6.13. The van der Waals surface area contributed by atoms with E-state index in [1.807, 2.05) is 18.2 Å². The van der Waals surface area contributed by atoms with Crippen molar-refractivity contribution < 1.29 is 9.53 Å². The Hall–Kier alpha value is -2.09. The summed E-state index contributed by atoms with van der Waals surface area (Å²) in [5.74, 6) is -0.218. The molecule has 0 aliphatic rings. The molecule has 2 aromatic carbocycles. The number of hydrogen-bond acceptors (Lipinski definition) is 2. The minimum Gasteiger partial charge on any atom is -0.462 e. The van der Waals surface area contributed by atoms with Crippen LogP contribution in [-0.4, -0.2) is 12.6 Å². The maximum atomic E-state index is 11.7. The first-order valence-corrected chi connectivity index (χ1v) is 8.12. The monoisotopic (exact) mass is 296 g/mol. The van der Waals surface area contributed by atoms with Crippen LogP contribution in [0.5, 0.6) is 0 Å². The van der Waals surface area contributed by atoms with Gasteiger partial charge in [-0.15, -0.1) is 0 Å². The molecular weight excluding hydrogens is 272 g/mol. The van der Waals surface area contributed by atoms with Crippen LogP contribution in [0.2, 0.25) is 0 Å². The molecule has 2 heteroatoms. The van der Waals surface area contributed by atoms with Gasteiger partial charge >= 0.3 is 5.97 Å². The number of rotatable bonds is 9. The van der Waals surface area contributed by atoms with Crippen LogP contribution in [0.15, 0.2) is 60.7 Å². The van der Waals surface area contributed by atoms with Crippen molar-refractivity contribution >= 4 is 5.97 Å². The second-order valence-corrected chi connectivity index (χ2v) is 5.51. The first-order valence-electron chi connectivity index (χ1n) is 8.12. The molecule has 0 spiro atoms. The molecule has 0 N–H and O–H groups in total. The Morgan fingerprint density at radius 3 is 2.05 bits per heavy atom. The summed E-state index contributed by atoms with van der Waals surface area (Å²) in [6, 6.07) is 19.8. The average Bonchev–Trinajstić information content (AvgIpc) is 2.59. The first kappa shape index (κ1) is 16.3. The number of carbonyl (C=O) groups is 1. The highest BCUT2D eigenvalue weighted by atomic mass is 16.5. The van der Waals surface area contributed by atoms with Gasteiger partial charge in [0.25, 0.3) is 0 Å². The largest absolute Gasteiger partial charge is 0.462 e. The normalized spacial score (nSPS) is 10.4. The van der Waals surface area contributed by atoms with E-state index in [1.54, 1.807) is 12.1 Å². The third-order valence-corrected chi connectivity index (χ3v) is 3.70. The molecule has 0 aromatic heterocycles. The molecular formula is C20H24O2. The molecule has 0 aliphatic heterocycles. The molecule has 2 nitrogen and oxygen atoms in total. The molecule has 0 amide bonds. The Bertz CT molecular complexity index is 534. The molecule has 0 heterocycles. The van der Waals surface area contributed by atoms with Gasteiger partial charge in [0, 0.05) is 0 Å². The molecule has 0 radical (unpaired) electrons. The maximum Gasteiger partial charge on any atom is 0.338 e. The van der Waals surface area contributed by atoms with E-state index < -0.39 is 0 Å². The Morgan fingerprint density at radius 1 is 0.727 bits per heavy atom. The van der Waals surface area contributed by atoms with Gasteiger partial charge in [-0.1, -0.05) is 67.8 Å². The second-order valence-electron chi connectivity index (χ2n) is 5.51. The Labute approximate surface area is 133 Å². The number of ether oxygens (including phenoxy) is 1. The molecule has 0 fully saturated rings. The zero-order valence-corrected chi connectivity index (χ0v) is 13.0. The highest BCUT2D eigenvalue weighted by molar-refractivity contribution is 5.89. The Balaban J connectivity index is 1.47. The summed E-state index contributed by atoms with van der Waals surface area (Å²) < 4.78 is 5.27. The van der Waals surface area contributed by atoms with Crippen molar-refractivity contribution in [3.05, 3.63) is 71.8 Å². The molecule has 2 rings (SSSR count). The summed E-state index contributed by atoms with van der Waals surface area (Å²) in [4.78, 5) is 11.7. The van der Waals surface area contributed by atoms with Crippen molar-refractivity contribution in [3.63, 3.8) is 0 Å². The fraction of sp³-hybridized carbons (Fsp3) is 0.350. The van der Waals surface area contributed by atoms with E-state index in [-0.39, 0.29) is 5.97 Å². The van der Waals surface area contributed by atoms with Gasteiger partial charge in [-0.05, 0) is 37.0 Å². The molecule has 0 saturated heterocycles. The topological polar surface area (TPSA) is 26.3 Å². The van der Waals surface area contributed by atoms with Crippen LogP contribution in [-0.2, 0) is 11.2 Å². The molecule has 22 heavy (non-hydrogen) atoms. The van der Waals surface area contributed by atoms with Crippen LogP contribution in [0, 0.1) is 0 Å². The third-order valence-electron chi connectivity index (χ3n) is 3.70. The molecule has 0 unspecified atom stereocenters. The van der Waals surface area contributed by atoms with Crippen molar-refractivity contribution in [2.75, 3.05) is 6.61 Å². The van der Waals surface area contributed by atoms with Gasteiger partial charge in [-0.2, -0.15) is 0 Å². The van der Waals surface area contributed by atoms with Crippen LogP contribution in [0.4, 0.5) is 0 Å². The summed E-state index contributed by atoms with van der Waals surface area (Å²) in [5.41, 5.74) is 2.05. The SMILES string of the molecule is O=C(OCCCCCCCc1ccccc1)c1ccccc1. The maximum absolute atomic E-state index is 11.7.